The van der Waals surface area contributed by atoms with E-state index in [2.05, 4.69) is 87.7 Å². The quantitative estimate of drug-likeness (QED) is 0.661. The molecule has 2 aromatic carbocycles. The highest BCUT2D eigenvalue weighted by Gasteiger charge is 2.42. The first-order chi connectivity index (χ1) is 10.0. The van der Waals surface area contributed by atoms with Crippen LogP contribution in [0.15, 0.2) is 60.7 Å². The lowest BCUT2D eigenvalue weighted by molar-refractivity contribution is 0.268. The van der Waals surface area contributed by atoms with Crippen LogP contribution in [-0.2, 0) is 10.8 Å². The van der Waals surface area contributed by atoms with Crippen molar-refractivity contribution in [3.63, 3.8) is 0 Å². The van der Waals surface area contributed by atoms with Crippen molar-refractivity contribution in [2.45, 2.75) is 38.0 Å². The third-order valence-corrected chi connectivity index (χ3v) is 5.70. The van der Waals surface area contributed by atoms with Crippen LogP contribution in [0.25, 0.3) is 0 Å². The Balaban J connectivity index is 2.49. The molecule has 21 heavy (non-hydrogen) atoms. The Morgan fingerprint density at radius 3 is 1.71 bits per heavy atom. The average molecular weight is 298 g/mol. The zero-order valence-electron chi connectivity index (χ0n) is 13.6. The van der Waals surface area contributed by atoms with Gasteiger partial charge in [0.05, 0.1) is 0 Å². The molecular weight excluding hydrogens is 272 g/mol. The summed E-state index contributed by atoms with van der Waals surface area (Å²) in [5.41, 5.74) is 3.06. The Morgan fingerprint density at radius 2 is 1.24 bits per heavy atom. The average Bonchev–Trinajstić information content (AvgIpc) is 2.54. The minimum Gasteiger partial charge on any atom is -0.165 e. The second-order valence-corrected chi connectivity index (χ2v) is 7.42. The molecule has 0 aliphatic heterocycles. The molecular formula is C20H26S. The van der Waals surface area contributed by atoms with Crippen molar-refractivity contribution >= 4 is 11.8 Å². The maximum absolute atomic E-state index is 2.42. The molecule has 112 valence electrons. The zero-order valence-corrected chi connectivity index (χ0v) is 14.4. The van der Waals surface area contributed by atoms with E-state index in [4.69, 9.17) is 0 Å². The SMILES string of the molecule is CSCCC(C)(c1ccccc1)C(C)(C)c1ccccc1. The summed E-state index contributed by atoms with van der Waals surface area (Å²) in [7, 11) is 0. The van der Waals surface area contributed by atoms with Gasteiger partial charge in [-0.2, -0.15) is 11.8 Å². The predicted octanol–water partition coefficient (Wildman–Crippen LogP) is 5.68. The van der Waals surface area contributed by atoms with Crippen LogP contribution in [-0.4, -0.2) is 12.0 Å². The number of hydrogen-bond acceptors (Lipinski definition) is 1. The Labute approximate surface area is 134 Å². The Bertz CT molecular complexity index is 545. The van der Waals surface area contributed by atoms with Gasteiger partial charge in [0, 0.05) is 5.41 Å². The summed E-state index contributed by atoms with van der Waals surface area (Å²) in [6.45, 7) is 7.19. The van der Waals surface area contributed by atoms with Crippen LogP contribution < -0.4 is 0 Å². The highest BCUT2D eigenvalue weighted by molar-refractivity contribution is 7.98. The van der Waals surface area contributed by atoms with Crippen molar-refractivity contribution in [1.82, 2.24) is 0 Å². The molecule has 1 heteroatoms. The molecule has 0 aromatic heterocycles. The highest BCUT2D eigenvalue weighted by atomic mass is 32.2. The Morgan fingerprint density at radius 1 is 0.762 bits per heavy atom. The third kappa shape index (κ3) is 3.18. The molecule has 2 rings (SSSR count). The summed E-state index contributed by atoms with van der Waals surface area (Å²) < 4.78 is 0. The van der Waals surface area contributed by atoms with Gasteiger partial charge < -0.3 is 0 Å². The van der Waals surface area contributed by atoms with Crippen LogP contribution in [0.5, 0.6) is 0 Å². The summed E-state index contributed by atoms with van der Waals surface area (Å²) >= 11 is 1.93. The smallest absolute Gasteiger partial charge is 0.00240 e. The largest absolute Gasteiger partial charge is 0.165 e. The van der Waals surface area contributed by atoms with Crippen LogP contribution in [0.1, 0.15) is 38.3 Å². The molecule has 2 aromatic rings. The van der Waals surface area contributed by atoms with Gasteiger partial charge in [-0.3, -0.25) is 0 Å². The lowest BCUT2D eigenvalue weighted by Crippen LogP contribution is -2.43. The second kappa shape index (κ2) is 6.70. The molecule has 0 nitrogen and oxygen atoms in total. The zero-order chi connectivity index (χ0) is 15.3. The number of thioether (sulfide) groups is 1. The minimum absolute atomic E-state index is 0.0886. The van der Waals surface area contributed by atoms with Crippen LogP contribution in [0.2, 0.25) is 0 Å². The van der Waals surface area contributed by atoms with E-state index in [1.807, 2.05) is 11.8 Å². The molecule has 0 N–H and O–H groups in total. The van der Waals surface area contributed by atoms with Gasteiger partial charge in [-0.1, -0.05) is 81.4 Å². The van der Waals surface area contributed by atoms with Gasteiger partial charge in [0.15, 0.2) is 0 Å². The molecule has 1 atom stereocenters. The van der Waals surface area contributed by atoms with Crippen molar-refractivity contribution in [2.75, 3.05) is 12.0 Å². The van der Waals surface area contributed by atoms with Crippen molar-refractivity contribution in [2.24, 2.45) is 0 Å². The fourth-order valence-electron chi connectivity index (χ4n) is 3.10. The summed E-state index contributed by atoms with van der Waals surface area (Å²) in [6, 6.07) is 21.9. The van der Waals surface area contributed by atoms with Crippen LogP contribution in [0.3, 0.4) is 0 Å². The van der Waals surface area contributed by atoms with Gasteiger partial charge >= 0.3 is 0 Å². The molecule has 0 fully saturated rings. The lowest BCUT2D eigenvalue weighted by atomic mass is 9.58. The molecule has 1 unspecified atom stereocenters. The van der Waals surface area contributed by atoms with Crippen molar-refractivity contribution in [3.05, 3.63) is 71.8 Å². The number of rotatable bonds is 6. The second-order valence-electron chi connectivity index (χ2n) is 6.43. The highest BCUT2D eigenvalue weighted by Crippen LogP contribution is 2.46. The normalized spacial score (nSPS) is 14.7. The lowest BCUT2D eigenvalue weighted by Gasteiger charge is -2.45. The summed E-state index contributed by atoms with van der Waals surface area (Å²) in [6.07, 6.45) is 3.38. The fraction of sp³-hybridized carbons (Fsp3) is 0.400. The molecule has 0 amide bonds. The standard InChI is InChI=1S/C20H26S/c1-19(2,17-11-7-5-8-12-17)20(3,15-16-21-4)18-13-9-6-10-14-18/h5-14H,15-16H2,1-4H3. The van der Waals surface area contributed by atoms with E-state index < -0.39 is 0 Å². The first-order valence-corrected chi connectivity index (χ1v) is 9.02. The molecule has 0 heterocycles. The summed E-state index contributed by atoms with van der Waals surface area (Å²) in [5.74, 6) is 1.18. The van der Waals surface area contributed by atoms with E-state index in [0.717, 1.165) is 0 Å². The van der Waals surface area contributed by atoms with Crippen LogP contribution in [0.4, 0.5) is 0 Å². The van der Waals surface area contributed by atoms with Crippen molar-refractivity contribution < 1.29 is 0 Å². The third-order valence-electron chi connectivity index (χ3n) is 5.09. The Kier molecular flexibility index (Phi) is 5.16. The number of hydrogen-bond donors (Lipinski definition) is 0. The first kappa shape index (κ1) is 16.2. The Hall–Kier alpha value is -1.21. The molecule has 0 aliphatic rings. The number of benzene rings is 2. The van der Waals surface area contributed by atoms with Crippen molar-refractivity contribution in [1.29, 1.82) is 0 Å². The molecule has 0 saturated heterocycles. The molecule has 0 bridgehead atoms. The summed E-state index contributed by atoms with van der Waals surface area (Å²) in [5, 5.41) is 0. The fourth-order valence-corrected chi connectivity index (χ4v) is 3.72. The maximum Gasteiger partial charge on any atom is 0.00240 e. The summed E-state index contributed by atoms with van der Waals surface area (Å²) in [4.78, 5) is 0. The first-order valence-electron chi connectivity index (χ1n) is 7.62. The van der Waals surface area contributed by atoms with E-state index in [9.17, 15) is 0 Å². The van der Waals surface area contributed by atoms with E-state index >= 15 is 0 Å². The van der Waals surface area contributed by atoms with Crippen LogP contribution >= 0.6 is 11.8 Å². The van der Waals surface area contributed by atoms with E-state index in [1.54, 1.807) is 0 Å². The van der Waals surface area contributed by atoms with E-state index in [0.29, 0.717) is 0 Å². The van der Waals surface area contributed by atoms with Gasteiger partial charge in [0.25, 0.3) is 0 Å². The monoisotopic (exact) mass is 298 g/mol. The maximum atomic E-state index is 2.42. The van der Waals surface area contributed by atoms with E-state index in [-0.39, 0.29) is 10.8 Å². The molecule has 0 radical (unpaired) electrons. The van der Waals surface area contributed by atoms with Gasteiger partial charge in [0.2, 0.25) is 0 Å². The molecule has 0 spiro atoms. The van der Waals surface area contributed by atoms with Gasteiger partial charge in [0.1, 0.15) is 0 Å². The van der Waals surface area contributed by atoms with Gasteiger partial charge in [-0.05, 0) is 35.0 Å². The minimum atomic E-state index is 0.0886. The predicted molar refractivity (Wildman–Crippen MR) is 96.3 cm³/mol. The van der Waals surface area contributed by atoms with E-state index in [1.165, 1.54) is 23.3 Å². The molecule has 0 saturated carbocycles. The van der Waals surface area contributed by atoms with Crippen molar-refractivity contribution in [3.8, 4) is 0 Å². The van der Waals surface area contributed by atoms with Gasteiger partial charge in [-0.15, -0.1) is 0 Å². The topological polar surface area (TPSA) is 0 Å². The van der Waals surface area contributed by atoms with Crippen LogP contribution in [0, 0.1) is 0 Å². The molecule has 0 aliphatic carbocycles. The van der Waals surface area contributed by atoms with Gasteiger partial charge in [-0.25, -0.2) is 0 Å².